The molecule has 0 heterocycles. The van der Waals surface area contributed by atoms with Crippen molar-refractivity contribution in [3.63, 3.8) is 0 Å². The van der Waals surface area contributed by atoms with Crippen LogP contribution in [0.3, 0.4) is 0 Å². The van der Waals surface area contributed by atoms with Gasteiger partial charge in [-0.2, -0.15) is 0 Å². The van der Waals surface area contributed by atoms with Gasteiger partial charge < -0.3 is 10.1 Å². The summed E-state index contributed by atoms with van der Waals surface area (Å²) in [6, 6.07) is 15.9. The van der Waals surface area contributed by atoms with Gasteiger partial charge in [-0.05, 0) is 35.7 Å². The number of anilines is 1. The van der Waals surface area contributed by atoms with Crippen molar-refractivity contribution >= 4 is 11.7 Å². The Bertz CT molecular complexity index is 590. The zero-order valence-corrected chi connectivity index (χ0v) is 12.6. The molecule has 2 aromatic carbocycles. The molecule has 0 saturated carbocycles. The lowest BCUT2D eigenvalue weighted by atomic mass is 10.1. The Morgan fingerprint density at radius 1 is 1.10 bits per heavy atom. The number of carbonyl (C=O) groups excluding carboxylic acids is 1. The van der Waals surface area contributed by atoms with Crippen molar-refractivity contribution in [2.75, 3.05) is 12.4 Å². The molecule has 0 fully saturated rings. The van der Waals surface area contributed by atoms with Gasteiger partial charge in [0.2, 0.25) is 0 Å². The molecule has 0 bridgehead atoms. The monoisotopic (exact) mass is 283 g/mol. The molecule has 0 atom stereocenters. The van der Waals surface area contributed by atoms with Crippen LogP contribution in [0.5, 0.6) is 0 Å². The number of ether oxygens (including phenoxy) is 1. The third-order valence-electron chi connectivity index (χ3n) is 3.39. The zero-order valence-electron chi connectivity index (χ0n) is 12.6. The predicted molar refractivity (Wildman–Crippen MR) is 85.5 cm³/mol. The van der Waals surface area contributed by atoms with Crippen LogP contribution in [0.15, 0.2) is 48.5 Å². The van der Waals surface area contributed by atoms with E-state index in [4.69, 9.17) is 4.74 Å². The van der Waals surface area contributed by atoms with Crippen LogP contribution in [0.4, 0.5) is 5.69 Å². The van der Waals surface area contributed by atoms with Crippen LogP contribution < -0.4 is 5.32 Å². The standard InChI is InChI=1S/C18H21NO2/c1-3-6-15-7-4-5-8-17(15)19-13-14-9-11-16(12-10-14)18(20)21-2/h4-5,7-12,19H,3,6,13H2,1-2H3. The van der Waals surface area contributed by atoms with E-state index >= 15 is 0 Å². The number of hydrogen-bond donors (Lipinski definition) is 1. The Balaban J connectivity index is 2.01. The molecule has 0 aromatic heterocycles. The van der Waals surface area contributed by atoms with Gasteiger partial charge in [-0.25, -0.2) is 4.79 Å². The summed E-state index contributed by atoms with van der Waals surface area (Å²) >= 11 is 0. The third kappa shape index (κ3) is 4.09. The highest BCUT2D eigenvalue weighted by Gasteiger charge is 2.05. The van der Waals surface area contributed by atoms with Crippen molar-refractivity contribution < 1.29 is 9.53 Å². The molecule has 110 valence electrons. The number of esters is 1. The summed E-state index contributed by atoms with van der Waals surface area (Å²) in [6.07, 6.45) is 2.21. The number of aryl methyl sites for hydroxylation is 1. The predicted octanol–water partition coefficient (Wildman–Crippen LogP) is 4.04. The SMILES string of the molecule is CCCc1ccccc1NCc1ccc(C(=O)OC)cc1. The van der Waals surface area contributed by atoms with E-state index in [2.05, 4.69) is 30.4 Å². The number of methoxy groups -OCH3 is 1. The highest BCUT2D eigenvalue weighted by molar-refractivity contribution is 5.89. The van der Waals surface area contributed by atoms with Gasteiger partial charge in [-0.1, -0.05) is 43.7 Å². The first kappa shape index (κ1) is 15.1. The molecule has 3 heteroatoms. The van der Waals surface area contributed by atoms with Crippen LogP contribution in [0.2, 0.25) is 0 Å². The van der Waals surface area contributed by atoms with Gasteiger partial charge in [-0.15, -0.1) is 0 Å². The minimum absolute atomic E-state index is 0.303. The highest BCUT2D eigenvalue weighted by atomic mass is 16.5. The Hall–Kier alpha value is -2.29. The third-order valence-corrected chi connectivity index (χ3v) is 3.39. The fraction of sp³-hybridized carbons (Fsp3) is 0.278. The smallest absolute Gasteiger partial charge is 0.337 e. The van der Waals surface area contributed by atoms with E-state index in [1.807, 2.05) is 18.2 Å². The summed E-state index contributed by atoms with van der Waals surface area (Å²) < 4.78 is 4.69. The van der Waals surface area contributed by atoms with E-state index in [1.54, 1.807) is 12.1 Å². The highest BCUT2D eigenvalue weighted by Crippen LogP contribution is 2.18. The van der Waals surface area contributed by atoms with Crippen molar-refractivity contribution in [1.29, 1.82) is 0 Å². The molecule has 21 heavy (non-hydrogen) atoms. The topological polar surface area (TPSA) is 38.3 Å². The molecule has 0 aliphatic heterocycles. The normalized spacial score (nSPS) is 10.2. The summed E-state index contributed by atoms with van der Waals surface area (Å²) in [5.74, 6) is -0.303. The maximum atomic E-state index is 11.4. The summed E-state index contributed by atoms with van der Waals surface area (Å²) in [4.78, 5) is 11.4. The maximum absolute atomic E-state index is 11.4. The van der Waals surface area contributed by atoms with E-state index in [0.29, 0.717) is 5.56 Å². The number of rotatable bonds is 6. The molecule has 0 spiro atoms. The number of para-hydroxylation sites is 1. The van der Waals surface area contributed by atoms with Gasteiger partial charge in [-0.3, -0.25) is 0 Å². The van der Waals surface area contributed by atoms with Gasteiger partial charge in [0, 0.05) is 12.2 Å². The van der Waals surface area contributed by atoms with E-state index < -0.39 is 0 Å². The van der Waals surface area contributed by atoms with E-state index in [1.165, 1.54) is 18.4 Å². The molecule has 0 aliphatic carbocycles. The Morgan fingerprint density at radius 2 is 1.81 bits per heavy atom. The number of benzene rings is 2. The Morgan fingerprint density at radius 3 is 2.48 bits per heavy atom. The summed E-state index contributed by atoms with van der Waals surface area (Å²) in [5.41, 5.74) is 4.23. The van der Waals surface area contributed by atoms with E-state index in [-0.39, 0.29) is 5.97 Å². The fourth-order valence-electron chi connectivity index (χ4n) is 2.25. The average Bonchev–Trinajstić information content (AvgIpc) is 2.54. The second-order valence-corrected chi connectivity index (χ2v) is 4.95. The molecule has 0 unspecified atom stereocenters. The number of hydrogen-bond acceptors (Lipinski definition) is 3. The van der Waals surface area contributed by atoms with Crippen molar-refractivity contribution in [2.45, 2.75) is 26.3 Å². The minimum Gasteiger partial charge on any atom is -0.465 e. The molecule has 0 saturated heterocycles. The average molecular weight is 283 g/mol. The lowest BCUT2D eigenvalue weighted by Gasteiger charge is -2.11. The van der Waals surface area contributed by atoms with Crippen LogP contribution in [-0.4, -0.2) is 13.1 Å². The van der Waals surface area contributed by atoms with Crippen molar-refractivity contribution in [3.05, 3.63) is 65.2 Å². The van der Waals surface area contributed by atoms with Crippen LogP contribution in [0, 0.1) is 0 Å². The van der Waals surface area contributed by atoms with Crippen LogP contribution in [-0.2, 0) is 17.7 Å². The van der Waals surface area contributed by atoms with Crippen LogP contribution in [0.25, 0.3) is 0 Å². The molecular weight excluding hydrogens is 262 g/mol. The van der Waals surface area contributed by atoms with Crippen molar-refractivity contribution in [2.24, 2.45) is 0 Å². The first-order valence-electron chi connectivity index (χ1n) is 7.23. The lowest BCUT2D eigenvalue weighted by molar-refractivity contribution is 0.0600. The van der Waals surface area contributed by atoms with Gasteiger partial charge in [0.15, 0.2) is 0 Å². The molecule has 0 amide bonds. The summed E-state index contributed by atoms with van der Waals surface area (Å²) in [7, 11) is 1.39. The molecule has 2 rings (SSSR count). The van der Waals surface area contributed by atoms with Crippen LogP contribution in [0.1, 0.15) is 34.8 Å². The second kappa shape index (κ2) is 7.48. The van der Waals surface area contributed by atoms with Gasteiger partial charge in [0.25, 0.3) is 0 Å². The zero-order chi connectivity index (χ0) is 15.1. The number of nitrogens with one attached hydrogen (secondary N) is 1. The number of carbonyl (C=O) groups is 1. The first-order valence-corrected chi connectivity index (χ1v) is 7.23. The van der Waals surface area contributed by atoms with Gasteiger partial charge >= 0.3 is 5.97 Å². The second-order valence-electron chi connectivity index (χ2n) is 4.95. The van der Waals surface area contributed by atoms with E-state index in [9.17, 15) is 4.79 Å². The maximum Gasteiger partial charge on any atom is 0.337 e. The first-order chi connectivity index (χ1) is 10.2. The molecule has 2 aromatic rings. The molecular formula is C18H21NO2. The van der Waals surface area contributed by atoms with E-state index in [0.717, 1.165) is 24.9 Å². The van der Waals surface area contributed by atoms with Crippen LogP contribution >= 0.6 is 0 Å². The van der Waals surface area contributed by atoms with Gasteiger partial charge in [0.05, 0.1) is 12.7 Å². The van der Waals surface area contributed by atoms with Crippen molar-refractivity contribution in [3.8, 4) is 0 Å². The Kier molecular flexibility index (Phi) is 5.38. The minimum atomic E-state index is -0.303. The summed E-state index contributed by atoms with van der Waals surface area (Å²) in [5, 5.41) is 3.46. The van der Waals surface area contributed by atoms with Crippen molar-refractivity contribution in [1.82, 2.24) is 0 Å². The fourth-order valence-corrected chi connectivity index (χ4v) is 2.25. The molecule has 0 radical (unpaired) electrons. The summed E-state index contributed by atoms with van der Waals surface area (Å²) in [6.45, 7) is 2.92. The molecule has 1 N–H and O–H groups in total. The quantitative estimate of drug-likeness (QED) is 0.813. The van der Waals surface area contributed by atoms with Gasteiger partial charge in [0.1, 0.15) is 0 Å². The molecule has 0 aliphatic rings. The Labute approximate surface area is 126 Å². The molecule has 3 nitrogen and oxygen atoms in total. The largest absolute Gasteiger partial charge is 0.465 e. The lowest BCUT2D eigenvalue weighted by Crippen LogP contribution is -2.04.